The molecule has 6 rings (SSSR count). The largest absolute Gasteiger partial charge is 0.341 e. The Balaban J connectivity index is 1.30. The fraction of sp³-hybridized carbons (Fsp3) is 0.464. The van der Waals surface area contributed by atoms with Crippen molar-refractivity contribution in [3.8, 4) is 0 Å². The maximum absolute atomic E-state index is 4.68. The molecule has 0 N–H and O–H groups in total. The summed E-state index contributed by atoms with van der Waals surface area (Å²) in [6, 6.07) is 9.43. The quantitative estimate of drug-likeness (QED) is 0.458. The van der Waals surface area contributed by atoms with Gasteiger partial charge in [-0.05, 0) is 92.2 Å². The van der Waals surface area contributed by atoms with Gasteiger partial charge in [0.05, 0.1) is 6.04 Å². The number of halogens is 1. The van der Waals surface area contributed by atoms with Gasteiger partial charge in [-0.3, -0.25) is 4.99 Å². The van der Waals surface area contributed by atoms with Gasteiger partial charge in [-0.25, -0.2) is 0 Å². The van der Waals surface area contributed by atoms with Gasteiger partial charge in [0.2, 0.25) is 0 Å². The van der Waals surface area contributed by atoms with E-state index in [1.54, 1.807) is 22.5 Å². The van der Waals surface area contributed by atoms with Crippen molar-refractivity contribution in [3.63, 3.8) is 0 Å². The van der Waals surface area contributed by atoms with Gasteiger partial charge >= 0.3 is 0 Å². The zero-order chi connectivity index (χ0) is 20.8. The minimum atomic E-state index is 0.546. The molecule has 0 saturated carbocycles. The summed E-state index contributed by atoms with van der Waals surface area (Å²) in [6.07, 6.45) is 21.8. The molecule has 5 aliphatic rings. The van der Waals surface area contributed by atoms with Crippen LogP contribution >= 0.6 is 15.9 Å². The molecule has 3 aliphatic heterocycles. The van der Waals surface area contributed by atoms with Gasteiger partial charge < -0.3 is 4.90 Å². The number of benzene rings is 1. The van der Waals surface area contributed by atoms with E-state index in [2.05, 4.69) is 80.6 Å². The highest BCUT2D eigenvalue weighted by molar-refractivity contribution is 9.10. The summed E-state index contributed by atoms with van der Waals surface area (Å²) >= 11 is 3.56. The summed E-state index contributed by atoms with van der Waals surface area (Å²) < 4.78 is 1.17. The fourth-order valence-electron chi connectivity index (χ4n) is 6.72. The first-order valence-electron chi connectivity index (χ1n) is 12.1. The monoisotopic (exact) mass is 474 g/mol. The zero-order valence-electron chi connectivity index (χ0n) is 18.1. The molecule has 1 fully saturated rings. The molecule has 4 atom stereocenters. The normalized spacial score (nSPS) is 30.9. The van der Waals surface area contributed by atoms with Crippen LogP contribution in [0.2, 0.25) is 0 Å². The Kier molecular flexibility index (Phi) is 5.26. The van der Waals surface area contributed by atoms with E-state index in [1.165, 1.54) is 55.0 Å². The zero-order valence-corrected chi connectivity index (χ0v) is 19.7. The molecule has 0 amide bonds. The van der Waals surface area contributed by atoms with Crippen LogP contribution in [-0.2, 0) is 6.42 Å². The summed E-state index contributed by atoms with van der Waals surface area (Å²) in [4.78, 5) is 7.48. The first-order valence-corrected chi connectivity index (χ1v) is 12.9. The molecule has 3 heterocycles. The van der Waals surface area contributed by atoms with Crippen LogP contribution in [0.4, 0.5) is 0 Å². The molecule has 0 radical (unpaired) electrons. The van der Waals surface area contributed by atoms with Crippen molar-refractivity contribution >= 4 is 22.1 Å². The number of hydrogen-bond donors (Lipinski definition) is 0. The van der Waals surface area contributed by atoms with Crippen molar-refractivity contribution in [3.05, 3.63) is 81.1 Å². The molecular formula is C28H31BrN2. The highest BCUT2D eigenvalue weighted by Crippen LogP contribution is 2.55. The molecular weight excluding hydrogens is 444 g/mol. The number of fused-ring (bicyclic) bond motifs is 5. The predicted molar refractivity (Wildman–Crippen MR) is 132 cm³/mol. The first kappa shape index (κ1) is 19.8. The Hall–Kier alpha value is -1.87. The minimum Gasteiger partial charge on any atom is -0.341 e. The topological polar surface area (TPSA) is 15.6 Å². The van der Waals surface area contributed by atoms with E-state index in [0.717, 1.165) is 18.9 Å². The molecule has 1 aromatic rings. The number of aliphatic imine (C=N–C) groups is 1. The fourth-order valence-corrected chi connectivity index (χ4v) is 6.98. The van der Waals surface area contributed by atoms with Gasteiger partial charge in [-0.1, -0.05) is 46.3 Å². The smallest absolute Gasteiger partial charge is 0.0585 e. The van der Waals surface area contributed by atoms with Crippen LogP contribution in [0.25, 0.3) is 0 Å². The molecule has 31 heavy (non-hydrogen) atoms. The Morgan fingerprint density at radius 2 is 1.97 bits per heavy atom. The van der Waals surface area contributed by atoms with Gasteiger partial charge in [-0.15, -0.1) is 0 Å². The highest BCUT2D eigenvalue weighted by Gasteiger charge is 2.49. The molecule has 0 spiro atoms. The van der Waals surface area contributed by atoms with Crippen molar-refractivity contribution in [2.45, 2.75) is 57.4 Å². The maximum Gasteiger partial charge on any atom is 0.0585 e. The molecule has 1 saturated heterocycles. The number of allylic oxidation sites excluding steroid dienone is 5. The Morgan fingerprint density at radius 3 is 2.87 bits per heavy atom. The Morgan fingerprint density at radius 1 is 1.06 bits per heavy atom. The minimum absolute atomic E-state index is 0.546. The number of dihydropyridines is 1. The Bertz CT molecular complexity index is 1010. The lowest BCUT2D eigenvalue weighted by molar-refractivity contribution is 0.312. The average Bonchev–Trinajstić information content (AvgIpc) is 3.03. The van der Waals surface area contributed by atoms with E-state index in [-0.39, 0.29) is 0 Å². The molecule has 2 nitrogen and oxygen atoms in total. The summed E-state index contributed by atoms with van der Waals surface area (Å²) in [6.45, 7) is 0.986. The van der Waals surface area contributed by atoms with E-state index in [9.17, 15) is 0 Å². The van der Waals surface area contributed by atoms with Gasteiger partial charge in [-0.2, -0.15) is 0 Å². The molecule has 2 aliphatic carbocycles. The number of aryl methyl sites for hydroxylation is 1. The van der Waals surface area contributed by atoms with E-state index < -0.39 is 0 Å². The standard InChI is InChI=1S/C28H31BrN2/c29-22-12-8-19(9-13-22)4-3-6-20-10-15-24-25-18-30-17-16-27(25)31-26-7-2-1-5-21(26)11-14-23(20)28(24)31/h1,5,8-9,11-13,16-17,20,24-26H,2-4,6-7,10,14-15,18H2/t20?,24-,25-,26?/m1/s1. The lowest BCUT2D eigenvalue weighted by atomic mass is 9.73. The van der Waals surface area contributed by atoms with Crippen LogP contribution in [-0.4, -0.2) is 23.7 Å². The van der Waals surface area contributed by atoms with Gasteiger partial charge in [0.25, 0.3) is 0 Å². The highest BCUT2D eigenvalue weighted by atomic mass is 79.9. The first-order chi connectivity index (χ1) is 15.3. The predicted octanol–water partition coefficient (Wildman–Crippen LogP) is 7.00. The number of hydrogen-bond acceptors (Lipinski definition) is 2. The van der Waals surface area contributed by atoms with E-state index in [0.29, 0.717) is 17.9 Å². The molecule has 3 heteroatoms. The molecule has 0 bridgehead atoms. The van der Waals surface area contributed by atoms with E-state index >= 15 is 0 Å². The number of rotatable bonds is 4. The average molecular weight is 475 g/mol. The third-order valence-electron chi connectivity index (χ3n) is 8.16. The van der Waals surface area contributed by atoms with Crippen LogP contribution in [0, 0.1) is 17.8 Å². The maximum atomic E-state index is 4.68. The number of nitrogens with zero attached hydrogens (tertiary/aromatic N) is 2. The third kappa shape index (κ3) is 3.50. The molecule has 2 unspecified atom stereocenters. The summed E-state index contributed by atoms with van der Waals surface area (Å²) in [5.74, 6) is 2.05. The van der Waals surface area contributed by atoms with Crippen molar-refractivity contribution < 1.29 is 0 Å². The summed E-state index contributed by atoms with van der Waals surface area (Å²) in [5, 5.41) is 0. The lowest BCUT2D eigenvalue weighted by Crippen LogP contribution is -2.34. The summed E-state index contributed by atoms with van der Waals surface area (Å²) in [5.41, 5.74) is 8.06. The van der Waals surface area contributed by atoms with Crippen molar-refractivity contribution in [1.82, 2.24) is 4.90 Å². The van der Waals surface area contributed by atoms with Gasteiger partial charge in [0.1, 0.15) is 0 Å². The Labute approximate surface area is 194 Å². The van der Waals surface area contributed by atoms with Crippen LogP contribution in [0.3, 0.4) is 0 Å². The SMILES string of the molecule is Brc1ccc(CCCC2CC[C@H]3C4=C2CC=C2C=CCCC2N4C2=CC=NC[C@@H]23)cc1. The van der Waals surface area contributed by atoms with Gasteiger partial charge in [0.15, 0.2) is 0 Å². The van der Waals surface area contributed by atoms with E-state index in [4.69, 9.17) is 0 Å². The second-order valence-electron chi connectivity index (χ2n) is 9.80. The summed E-state index contributed by atoms with van der Waals surface area (Å²) in [7, 11) is 0. The second-order valence-corrected chi connectivity index (χ2v) is 10.7. The van der Waals surface area contributed by atoms with Crippen LogP contribution in [0.5, 0.6) is 0 Å². The molecule has 1 aromatic carbocycles. The molecule has 0 aromatic heterocycles. The van der Waals surface area contributed by atoms with Crippen LogP contribution < -0.4 is 0 Å². The van der Waals surface area contributed by atoms with Gasteiger partial charge in [0, 0.05) is 40.5 Å². The lowest BCUT2D eigenvalue weighted by Gasteiger charge is -2.37. The van der Waals surface area contributed by atoms with Crippen LogP contribution in [0.15, 0.2) is 80.6 Å². The third-order valence-corrected chi connectivity index (χ3v) is 8.69. The van der Waals surface area contributed by atoms with E-state index in [1.807, 2.05) is 0 Å². The van der Waals surface area contributed by atoms with Crippen LogP contribution in [0.1, 0.15) is 50.5 Å². The van der Waals surface area contributed by atoms with Crippen molar-refractivity contribution in [2.24, 2.45) is 22.7 Å². The molecule has 160 valence electrons. The van der Waals surface area contributed by atoms with Crippen molar-refractivity contribution in [2.75, 3.05) is 6.54 Å². The second kappa shape index (κ2) is 8.24. The van der Waals surface area contributed by atoms with Crippen molar-refractivity contribution in [1.29, 1.82) is 0 Å².